The highest BCUT2D eigenvalue weighted by Gasteiger charge is 2.36. The van der Waals surface area contributed by atoms with Gasteiger partial charge in [-0.05, 0) is 57.2 Å². The molecule has 1 heterocycles. The van der Waals surface area contributed by atoms with Crippen LogP contribution < -0.4 is 14.4 Å². The monoisotopic (exact) mass is 500 g/mol. The van der Waals surface area contributed by atoms with Crippen molar-refractivity contribution in [3.05, 3.63) is 51.5 Å². The number of nitrogens with zero attached hydrogens (tertiary/aromatic N) is 1. The normalized spacial score (nSPS) is 16.8. The second kappa shape index (κ2) is 7.81. The number of hydrogen-bond acceptors (Lipinski definition) is 4. The van der Waals surface area contributed by atoms with Gasteiger partial charge in [-0.1, -0.05) is 38.4 Å². The molecule has 2 aromatic carbocycles. The Morgan fingerprint density at radius 1 is 1.24 bits per heavy atom. The molecule has 0 fully saturated rings. The van der Waals surface area contributed by atoms with Crippen LogP contribution in [0.5, 0.6) is 5.75 Å². The molecule has 0 aliphatic carbocycles. The van der Waals surface area contributed by atoms with Gasteiger partial charge in [0, 0.05) is 10.2 Å². The lowest BCUT2D eigenvalue weighted by atomic mass is 9.86. The lowest BCUT2D eigenvalue weighted by Crippen LogP contribution is -2.48. The largest absolute Gasteiger partial charge is 0.476 e. The molecule has 6 nitrogen and oxygen atoms in total. The van der Waals surface area contributed by atoms with E-state index in [2.05, 4.69) is 21.2 Å². The summed E-state index contributed by atoms with van der Waals surface area (Å²) >= 11 is 9.36. The third-order valence-corrected chi connectivity index (χ3v) is 6.95. The molecule has 156 valence electrons. The first-order valence-corrected chi connectivity index (χ1v) is 11.9. The van der Waals surface area contributed by atoms with Crippen molar-refractivity contribution in [3.63, 3.8) is 0 Å². The lowest BCUT2D eigenvalue weighted by molar-refractivity contribution is -0.122. The Labute approximate surface area is 184 Å². The number of halogens is 2. The van der Waals surface area contributed by atoms with E-state index in [4.69, 9.17) is 16.3 Å². The molecule has 1 aliphatic heterocycles. The van der Waals surface area contributed by atoms with E-state index in [-0.39, 0.29) is 12.0 Å². The van der Waals surface area contributed by atoms with Crippen LogP contribution >= 0.6 is 27.5 Å². The maximum absolute atomic E-state index is 12.8. The Balaban J connectivity index is 1.92. The summed E-state index contributed by atoms with van der Waals surface area (Å²) in [6.07, 6.45) is 0.120. The zero-order valence-electron chi connectivity index (χ0n) is 16.5. The van der Waals surface area contributed by atoms with Crippen molar-refractivity contribution in [2.24, 2.45) is 0 Å². The van der Waals surface area contributed by atoms with Crippen LogP contribution in [0.15, 0.2) is 40.9 Å². The SMILES string of the molecule is CC(C)(C)c1ccc2c(c1)N(S(C)(=O)=O)CC(C(=O)Nc1ccc(Br)c(Cl)c1)O2. The summed E-state index contributed by atoms with van der Waals surface area (Å²) in [5.74, 6) is -0.105. The van der Waals surface area contributed by atoms with E-state index in [0.717, 1.165) is 11.8 Å². The van der Waals surface area contributed by atoms with E-state index < -0.39 is 22.0 Å². The zero-order chi connectivity index (χ0) is 21.6. The lowest BCUT2D eigenvalue weighted by Gasteiger charge is -2.35. The molecule has 2 aromatic rings. The number of carbonyl (C=O) groups excluding carboxylic acids is 1. The third-order valence-electron chi connectivity index (χ3n) is 4.57. The summed E-state index contributed by atoms with van der Waals surface area (Å²) in [5.41, 5.74) is 1.75. The summed E-state index contributed by atoms with van der Waals surface area (Å²) in [7, 11) is -3.61. The molecule has 0 bridgehead atoms. The number of sulfonamides is 1. The second-order valence-corrected chi connectivity index (χ2v) is 11.1. The molecule has 3 rings (SSSR count). The van der Waals surface area contributed by atoms with E-state index in [1.807, 2.05) is 26.8 Å². The number of carbonyl (C=O) groups is 1. The maximum Gasteiger partial charge on any atom is 0.267 e. The Morgan fingerprint density at radius 3 is 2.52 bits per heavy atom. The first-order chi connectivity index (χ1) is 13.4. The Kier molecular flexibility index (Phi) is 5.91. The van der Waals surface area contributed by atoms with Gasteiger partial charge < -0.3 is 10.1 Å². The molecule has 0 radical (unpaired) electrons. The van der Waals surface area contributed by atoms with Crippen molar-refractivity contribution < 1.29 is 17.9 Å². The molecule has 1 aliphatic rings. The first kappa shape index (κ1) is 21.9. The molecule has 1 N–H and O–H groups in total. The minimum atomic E-state index is -3.61. The summed E-state index contributed by atoms with van der Waals surface area (Å²) in [6, 6.07) is 10.4. The number of amides is 1. The van der Waals surface area contributed by atoms with E-state index in [1.54, 1.807) is 30.3 Å². The number of benzene rings is 2. The molecule has 29 heavy (non-hydrogen) atoms. The van der Waals surface area contributed by atoms with Gasteiger partial charge in [-0.25, -0.2) is 8.42 Å². The molecule has 1 atom stereocenters. The number of hydrogen-bond donors (Lipinski definition) is 1. The highest BCUT2D eigenvalue weighted by atomic mass is 79.9. The van der Waals surface area contributed by atoms with Gasteiger partial charge in [0.15, 0.2) is 6.10 Å². The molecular formula is C20H22BrClN2O4S. The molecule has 1 amide bonds. The zero-order valence-corrected chi connectivity index (χ0v) is 19.7. The van der Waals surface area contributed by atoms with Crippen LogP contribution in [-0.4, -0.2) is 33.2 Å². The maximum atomic E-state index is 12.8. The highest BCUT2D eigenvalue weighted by molar-refractivity contribution is 9.10. The smallest absolute Gasteiger partial charge is 0.267 e. The highest BCUT2D eigenvalue weighted by Crippen LogP contribution is 2.38. The van der Waals surface area contributed by atoms with Crippen molar-refractivity contribution in [1.82, 2.24) is 0 Å². The van der Waals surface area contributed by atoms with Gasteiger partial charge in [-0.2, -0.15) is 0 Å². The summed E-state index contributed by atoms with van der Waals surface area (Å²) < 4.78 is 32.7. The average molecular weight is 502 g/mol. The molecule has 9 heteroatoms. The van der Waals surface area contributed by atoms with Crippen LogP contribution in [-0.2, 0) is 20.2 Å². The number of ether oxygens (including phenoxy) is 1. The van der Waals surface area contributed by atoms with Crippen molar-refractivity contribution in [2.75, 3.05) is 22.4 Å². The molecule has 1 unspecified atom stereocenters. The quantitative estimate of drug-likeness (QED) is 0.669. The number of fused-ring (bicyclic) bond motifs is 1. The minimum Gasteiger partial charge on any atom is -0.476 e. The summed E-state index contributed by atoms with van der Waals surface area (Å²) in [5, 5.41) is 3.18. The summed E-state index contributed by atoms with van der Waals surface area (Å²) in [6.45, 7) is 6.02. The molecule has 0 aromatic heterocycles. The number of nitrogens with one attached hydrogen (secondary N) is 1. The number of anilines is 2. The van der Waals surface area contributed by atoms with Gasteiger partial charge in [0.1, 0.15) is 5.75 Å². The van der Waals surface area contributed by atoms with E-state index in [9.17, 15) is 13.2 Å². The average Bonchev–Trinajstić information content (AvgIpc) is 2.61. The molecule has 0 saturated carbocycles. The van der Waals surface area contributed by atoms with Crippen LogP contribution in [0.2, 0.25) is 5.02 Å². The van der Waals surface area contributed by atoms with Crippen LogP contribution in [0.4, 0.5) is 11.4 Å². The standard InChI is InChI=1S/C20H22BrClN2O4S/c1-20(2,3)12-5-8-17-16(9-12)24(29(4,26)27)11-18(28-17)19(25)23-13-6-7-14(21)15(22)10-13/h5-10,18H,11H2,1-4H3,(H,23,25). The Bertz CT molecular complexity index is 1070. The molecule has 0 spiro atoms. The number of rotatable bonds is 3. The van der Waals surface area contributed by atoms with Crippen molar-refractivity contribution in [3.8, 4) is 5.75 Å². The predicted octanol–water partition coefficient (Wildman–Crippen LogP) is 4.57. The second-order valence-electron chi connectivity index (χ2n) is 7.95. The van der Waals surface area contributed by atoms with E-state index in [0.29, 0.717) is 26.6 Å². The Hall–Kier alpha value is -1.77. The van der Waals surface area contributed by atoms with E-state index in [1.165, 1.54) is 4.31 Å². The predicted molar refractivity (Wildman–Crippen MR) is 120 cm³/mol. The third kappa shape index (κ3) is 4.87. The van der Waals surface area contributed by atoms with E-state index >= 15 is 0 Å². The van der Waals surface area contributed by atoms with Gasteiger partial charge in [0.2, 0.25) is 10.0 Å². The minimum absolute atomic E-state index is 0.116. The van der Waals surface area contributed by atoms with Gasteiger partial charge in [-0.15, -0.1) is 0 Å². The van der Waals surface area contributed by atoms with Crippen molar-refractivity contribution in [1.29, 1.82) is 0 Å². The molecular weight excluding hydrogens is 480 g/mol. The van der Waals surface area contributed by atoms with Crippen LogP contribution in [0, 0.1) is 0 Å². The fourth-order valence-electron chi connectivity index (χ4n) is 2.97. The van der Waals surface area contributed by atoms with Gasteiger partial charge in [0.25, 0.3) is 5.91 Å². The van der Waals surface area contributed by atoms with Crippen LogP contribution in [0.3, 0.4) is 0 Å². The summed E-state index contributed by atoms with van der Waals surface area (Å²) in [4.78, 5) is 12.8. The van der Waals surface area contributed by atoms with Gasteiger partial charge in [-0.3, -0.25) is 9.10 Å². The fraction of sp³-hybridized carbons (Fsp3) is 0.350. The van der Waals surface area contributed by atoms with Gasteiger partial charge in [0.05, 0.1) is 23.5 Å². The van der Waals surface area contributed by atoms with Crippen molar-refractivity contribution in [2.45, 2.75) is 32.3 Å². The first-order valence-electron chi connectivity index (χ1n) is 8.91. The van der Waals surface area contributed by atoms with Crippen LogP contribution in [0.25, 0.3) is 0 Å². The molecule has 0 saturated heterocycles. The Morgan fingerprint density at radius 2 is 1.93 bits per heavy atom. The topological polar surface area (TPSA) is 75.7 Å². The van der Waals surface area contributed by atoms with Crippen LogP contribution in [0.1, 0.15) is 26.3 Å². The fourth-order valence-corrected chi connectivity index (χ4v) is 4.30. The van der Waals surface area contributed by atoms with Crippen molar-refractivity contribution >= 4 is 54.8 Å². The van der Waals surface area contributed by atoms with Gasteiger partial charge >= 0.3 is 0 Å².